The fourth-order valence-corrected chi connectivity index (χ4v) is 2.45. The van der Waals surface area contributed by atoms with Crippen LogP contribution >= 0.6 is 0 Å². The normalized spacial score (nSPS) is 14.7. The van der Waals surface area contributed by atoms with Crippen molar-refractivity contribution >= 4 is 17.3 Å². The van der Waals surface area contributed by atoms with Gasteiger partial charge in [-0.15, -0.1) is 0 Å². The first-order chi connectivity index (χ1) is 10.1. The lowest BCUT2D eigenvalue weighted by Gasteiger charge is -2.21. The highest BCUT2D eigenvalue weighted by molar-refractivity contribution is 5.96. The summed E-state index contributed by atoms with van der Waals surface area (Å²) in [7, 11) is 0. The average Bonchev–Trinajstić information content (AvgIpc) is 2.46. The molecule has 3 rings (SSSR count). The Morgan fingerprint density at radius 2 is 2.10 bits per heavy atom. The van der Waals surface area contributed by atoms with Gasteiger partial charge in [-0.05, 0) is 37.6 Å². The fourth-order valence-electron chi connectivity index (χ4n) is 2.45. The maximum Gasteiger partial charge on any atom is 0.262 e. The van der Waals surface area contributed by atoms with E-state index in [1.165, 1.54) is 11.1 Å². The second-order valence-electron chi connectivity index (χ2n) is 5.33. The summed E-state index contributed by atoms with van der Waals surface area (Å²) in [5.74, 6) is 0.592. The van der Waals surface area contributed by atoms with Crippen LogP contribution in [0.25, 0.3) is 0 Å². The third-order valence-corrected chi connectivity index (χ3v) is 3.54. The number of fused-ring (bicyclic) bond motifs is 1. The van der Waals surface area contributed by atoms with Gasteiger partial charge in [0.1, 0.15) is 5.75 Å². The van der Waals surface area contributed by atoms with Crippen LogP contribution in [-0.4, -0.2) is 12.5 Å². The van der Waals surface area contributed by atoms with E-state index < -0.39 is 0 Å². The largest absolute Gasteiger partial charge is 0.482 e. The molecule has 2 aromatic rings. The van der Waals surface area contributed by atoms with Crippen LogP contribution in [0.3, 0.4) is 0 Å². The van der Waals surface area contributed by atoms with Gasteiger partial charge >= 0.3 is 0 Å². The van der Waals surface area contributed by atoms with E-state index in [2.05, 4.69) is 48.7 Å². The number of ether oxygens (including phenoxy) is 1. The lowest BCUT2D eigenvalue weighted by atomic mass is 10.1. The highest BCUT2D eigenvalue weighted by Crippen LogP contribution is 2.31. The van der Waals surface area contributed by atoms with E-state index in [-0.39, 0.29) is 18.6 Å². The molecule has 2 aromatic carbocycles. The van der Waals surface area contributed by atoms with Gasteiger partial charge in [0.25, 0.3) is 5.91 Å². The van der Waals surface area contributed by atoms with E-state index >= 15 is 0 Å². The predicted molar refractivity (Wildman–Crippen MR) is 83.8 cm³/mol. The molecule has 1 amide bonds. The molecule has 0 radical (unpaired) electrons. The third-order valence-electron chi connectivity index (χ3n) is 3.54. The number of aryl methyl sites for hydroxylation is 1. The second-order valence-corrected chi connectivity index (χ2v) is 5.33. The van der Waals surface area contributed by atoms with Gasteiger partial charge in [-0.1, -0.05) is 29.8 Å². The summed E-state index contributed by atoms with van der Waals surface area (Å²) in [5.41, 5.74) is 4.14. The van der Waals surface area contributed by atoms with Gasteiger partial charge in [-0.2, -0.15) is 0 Å². The van der Waals surface area contributed by atoms with Gasteiger partial charge in [0.15, 0.2) is 6.61 Å². The highest BCUT2D eigenvalue weighted by Gasteiger charge is 2.16. The minimum Gasteiger partial charge on any atom is -0.482 e. The van der Waals surface area contributed by atoms with Crippen LogP contribution < -0.4 is 15.4 Å². The van der Waals surface area contributed by atoms with Crippen molar-refractivity contribution in [2.24, 2.45) is 0 Å². The molecular formula is C17H18N2O2. The number of hydrogen-bond acceptors (Lipinski definition) is 3. The molecular weight excluding hydrogens is 264 g/mol. The van der Waals surface area contributed by atoms with E-state index in [9.17, 15) is 4.79 Å². The molecule has 0 aliphatic carbocycles. The summed E-state index contributed by atoms with van der Waals surface area (Å²) >= 11 is 0. The van der Waals surface area contributed by atoms with Crippen molar-refractivity contribution in [2.45, 2.75) is 19.9 Å². The Morgan fingerprint density at radius 1 is 1.24 bits per heavy atom. The number of carbonyl (C=O) groups excluding carboxylic acids is 1. The number of rotatable bonds is 3. The summed E-state index contributed by atoms with van der Waals surface area (Å²) in [5, 5.41) is 6.26. The number of carbonyl (C=O) groups is 1. The minimum absolute atomic E-state index is 0.0828. The van der Waals surface area contributed by atoms with Crippen LogP contribution in [0.5, 0.6) is 5.75 Å². The van der Waals surface area contributed by atoms with Crippen LogP contribution in [0.1, 0.15) is 24.1 Å². The molecule has 0 saturated heterocycles. The maximum absolute atomic E-state index is 11.4. The molecule has 1 atom stereocenters. The molecule has 1 aliphatic rings. The van der Waals surface area contributed by atoms with Crippen molar-refractivity contribution < 1.29 is 9.53 Å². The summed E-state index contributed by atoms with van der Waals surface area (Å²) < 4.78 is 5.36. The Morgan fingerprint density at radius 3 is 2.90 bits per heavy atom. The first-order valence-electron chi connectivity index (χ1n) is 7.01. The van der Waals surface area contributed by atoms with Gasteiger partial charge in [-0.3, -0.25) is 4.79 Å². The number of nitrogens with one attached hydrogen (secondary N) is 2. The Balaban J connectivity index is 1.79. The molecule has 108 valence electrons. The standard InChI is InChI=1S/C17H18N2O2/c1-11-4-3-5-13(8-11)12(2)18-14-6-7-16-15(9-14)19-17(20)10-21-16/h3-9,12,18H,10H2,1-2H3,(H,19,20). The molecule has 1 heterocycles. The number of hydrogen-bond donors (Lipinski definition) is 2. The number of amides is 1. The zero-order valence-corrected chi connectivity index (χ0v) is 12.1. The van der Waals surface area contributed by atoms with Crippen molar-refractivity contribution in [3.05, 3.63) is 53.6 Å². The molecule has 0 bridgehead atoms. The average molecular weight is 282 g/mol. The van der Waals surface area contributed by atoms with Crippen molar-refractivity contribution in [1.82, 2.24) is 0 Å². The molecule has 1 unspecified atom stereocenters. The van der Waals surface area contributed by atoms with Crippen molar-refractivity contribution in [1.29, 1.82) is 0 Å². The summed E-state index contributed by atoms with van der Waals surface area (Å²) in [6, 6.07) is 14.3. The Hall–Kier alpha value is -2.49. The quantitative estimate of drug-likeness (QED) is 0.906. The Bertz CT molecular complexity index is 682. The van der Waals surface area contributed by atoms with Crippen molar-refractivity contribution in [3.63, 3.8) is 0 Å². The number of anilines is 2. The molecule has 0 aromatic heterocycles. The van der Waals surface area contributed by atoms with E-state index in [0.717, 1.165) is 5.69 Å². The molecule has 2 N–H and O–H groups in total. The van der Waals surface area contributed by atoms with Gasteiger partial charge in [0.05, 0.1) is 5.69 Å². The van der Waals surface area contributed by atoms with Gasteiger partial charge in [0, 0.05) is 11.7 Å². The van der Waals surface area contributed by atoms with Crippen LogP contribution in [-0.2, 0) is 4.79 Å². The van der Waals surface area contributed by atoms with Crippen LogP contribution in [0, 0.1) is 6.92 Å². The van der Waals surface area contributed by atoms with Crippen LogP contribution in [0.4, 0.5) is 11.4 Å². The molecule has 21 heavy (non-hydrogen) atoms. The molecule has 4 heteroatoms. The first kappa shape index (κ1) is 13.5. The van der Waals surface area contributed by atoms with Crippen LogP contribution in [0.15, 0.2) is 42.5 Å². The SMILES string of the molecule is Cc1cccc(C(C)Nc2ccc3c(c2)NC(=O)CO3)c1. The Labute approximate surface area is 124 Å². The molecule has 0 saturated carbocycles. The van der Waals surface area contributed by atoms with Gasteiger partial charge < -0.3 is 15.4 Å². The van der Waals surface area contributed by atoms with Gasteiger partial charge in [-0.25, -0.2) is 0 Å². The zero-order valence-electron chi connectivity index (χ0n) is 12.1. The highest BCUT2D eigenvalue weighted by atomic mass is 16.5. The summed E-state index contributed by atoms with van der Waals surface area (Å²) in [6.07, 6.45) is 0. The van der Waals surface area contributed by atoms with E-state index in [4.69, 9.17) is 4.74 Å². The van der Waals surface area contributed by atoms with Gasteiger partial charge in [0.2, 0.25) is 0 Å². The first-order valence-corrected chi connectivity index (χ1v) is 7.01. The summed E-state index contributed by atoms with van der Waals surface area (Å²) in [6.45, 7) is 4.28. The summed E-state index contributed by atoms with van der Waals surface area (Å²) in [4.78, 5) is 11.4. The minimum atomic E-state index is -0.119. The Kier molecular flexibility index (Phi) is 3.52. The second kappa shape index (κ2) is 5.48. The zero-order chi connectivity index (χ0) is 14.8. The fraction of sp³-hybridized carbons (Fsp3) is 0.235. The van der Waals surface area contributed by atoms with E-state index in [1.807, 2.05) is 18.2 Å². The molecule has 4 nitrogen and oxygen atoms in total. The van der Waals surface area contributed by atoms with Crippen LogP contribution in [0.2, 0.25) is 0 Å². The molecule has 0 spiro atoms. The van der Waals surface area contributed by atoms with E-state index in [1.54, 1.807) is 0 Å². The molecule has 1 aliphatic heterocycles. The maximum atomic E-state index is 11.4. The smallest absolute Gasteiger partial charge is 0.262 e. The number of benzene rings is 2. The van der Waals surface area contributed by atoms with E-state index in [0.29, 0.717) is 11.4 Å². The monoisotopic (exact) mass is 282 g/mol. The topological polar surface area (TPSA) is 50.4 Å². The van der Waals surface area contributed by atoms with Crippen molar-refractivity contribution in [2.75, 3.05) is 17.2 Å². The predicted octanol–water partition coefficient (Wildman–Crippen LogP) is 3.50. The lowest BCUT2D eigenvalue weighted by molar-refractivity contribution is -0.118. The lowest BCUT2D eigenvalue weighted by Crippen LogP contribution is -2.25. The molecule has 0 fully saturated rings. The van der Waals surface area contributed by atoms with Crippen molar-refractivity contribution in [3.8, 4) is 5.75 Å². The third kappa shape index (κ3) is 2.99.